The Labute approximate surface area is 238 Å². The van der Waals surface area contributed by atoms with Crippen LogP contribution in [0.25, 0.3) is 5.57 Å². The van der Waals surface area contributed by atoms with Gasteiger partial charge in [0.1, 0.15) is 29.3 Å². The van der Waals surface area contributed by atoms with Crippen LogP contribution in [0.1, 0.15) is 87.6 Å². The molecule has 0 radical (unpaired) electrons. The van der Waals surface area contributed by atoms with Crippen LogP contribution in [-0.2, 0) is 21.1 Å². The summed E-state index contributed by atoms with van der Waals surface area (Å²) in [6.07, 6.45) is -1.40. The molecule has 41 heavy (non-hydrogen) atoms. The number of H-pyrrole nitrogens is 1. The minimum atomic E-state index is -4.74. The number of esters is 1. The highest BCUT2D eigenvalue weighted by Gasteiger charge is 2.47. The molecule has 3 heterocycles. The second-order valence-corrected chi connectivity index (χ2v) is 11.5. The Kier molecular flexibility index (Phi) is 9.16. The van der Waals surface area contributed by atoms with E-state index in [1.54, 1.807) is 58.9 Å². The number of piperidine rings is 1. The van der Waals surface area contributed by atoms with Crippen LogP contribution in [0, 0.1) is 0 Å². The predicted octanol–water partition coefficient (Wildman–Crippen LogP) is 5.80. The lowest BCUT2D eigenvalue weighted by Gasteiger charge is -2.33. The third-order valence-corrected chi connectivity index (χ3v) is 7.48. The summed E-state index contributed by atoms with van der Waals surface area (Å²) >= 11 is 0. The van der Waals surface area contributed by atoms with E-state index in [1.807, 2.05) is 0 Å². The molecule has 0 spiro atoms. The van der Waals surface area contributed by atoms with E-state index in [9.17, 15) is 22.8 Å². The lowest BCUT2D eigenvalue weighted by molar-refractivity contribution is -0.142. The minimum absolute atomic E-state index is 0.100. The lowest BCUT2D eigenvalue weighted by Crippen LogP contribution is -2.40. The van der Waals surface area contributed by atoms with Crippen LogP contribution in [0.3, 0.4) is 0 Å². The van der Waals surface area contributed by atoms with E-state index in [0.717, 1.165) is 19.6 Å². The van der Waals surface area contributed by atoms with Crippen LogP contribution < -0.4 is 4.74 Å². The van der Waals surface area contributed by atoms with Gasteiger partial charge in [0.05, 0.1) is 6.10 Å². The molecule has 4 rings (SSSR count). The summed E-state index contributed by atoms with van der Waals surface area (Å²) in [5, 5.41) is 6.07. The number of rotatable bonds is 8. The fraction of sp³-hybridized carbons (Fsp3) is 0.567. The zero-order chi connectivity index (χ0) is 29.9. The number of aromatic amines is 1. The zero-order valence-corrected chi connectivity index (χ0v) is 24.4. The van der Waals surface area contributed by atoms with Crippen molar-refractivity contribution in [3.8, 4) is 5.75 Å². The van der Waals surface area contributed by atoms with Crippen LogP contribution in [-0.4, -0.2) is 70.8 Å². The molecule has 0 atom stereocenters. The number of halogens is 3. The van der Waals surface area contributed by atoms with Crippen molar-refractivity contribution in [2.24, 2.45) is 0 Å². The second kappa shape index (κ2) is 12.3. The molecule has 1 N–H and O–H groups in total. The normalized spacial score (nSPS) is 17.8. The van der Waals surface area contributed by atoms with Crippen molar-refractivity contribution >= 4 is 17.4 Å². The number of hydrogen-bond donors (Lipinski definition) is 1. The molecule has 1 aromatic heterocycles. The maximum absolute atomic E-state index is 14.1. The molecule has 1 amide bonds. The first kappa shape index (κ1) is 30.6. The number of carbonyl (C=O) groups is 2. The van der Waals surface area contributed by atoms with E-state index in [-0.39, 0.29) is 35.5 Å². The third kappa shape index (κ3) is 6.77. The van der Waals surface area contributed by atoms with Crippen molar-refractivity contribution in [1.29, 1.82) is 0 Å². The van der Waals surface area contributed by atoms with Gasteiger partial charge < -0.3 is 14.4 Å². The van der Waals surface area contributed by atoms with Gasteiger partial charge in [0.2, 0.25) is 0 Å². The van der Waals surface area contributed by atoms with Crippen LogP contribution in [0.5, 0.6) is 5.75 Å². The Morgan fingerprint density at radius 1 is 1.10 bits per heavy atom. The van der Waals surface area contributed by atoms with E-state index in [1.165, 1.54) is 24.2 Å². The Bertz CT molecular complexity index is 1280. The summed E-state index contributed by atoms with van der Waals surface area (Å²) < 4.78 is 53.5. The number of benzene rings is 1. The lowest BCUT2D eigenvalue weighted by atomic mass is 9.81. The van der Waals surface area contributed by atoms with E-state index < -0.39 is 35.3 Å². The SMILES string of the molecule is CCC1=C(C(=O)OC(C)C)c2n[nH]c(C(F)(F)F)c2C(C)(C)CN1C(=O)c1ccc(OCCN2CCCCC2)cc1. The Morgan fingerprint density at radius 3 is 2.34 bits per heavy atom. The molecule has 1 fully saturated rings. The van der Waals surface area contributed by atoms with Gasteiger partial charge in [-0.15, -0.1) is 0 Å². The van der Waals surface area contributed by atoms with Crippen LogP contribution in [0.15, 0.2) is 30.0 Å². The number of hydrogen-bond acceptors (Lipinski definition) is 6. The summed E-state index contributed by atoms with van der Waals surface area (Å²) in [6.45, 7) is 11.7. The number of fused-ring (bicyclic) bond motifs is 1. The number of nitrogens with one attached hydrogen (secondary N) is 1. The highest BCUT2D eigenvalue weighted by atomic mass is 19.4. The highest BCUT2D eigenvalue weighted by Crippen LogP contribution is 2.44. The first-order chi connectivity index (χ1) is 19.3. The quantitative estimate of drug-likeness (QED) is 0.400. The molecule has 1 aromatic carbocycles. The Balaban J connectivity index is 1.66. The molecular formula is C30H39F3N4O4. The summed E-state index contributed by atoms with van der Waals surface area (Å²) in [6, 6.07) is 6.69. The number of ether oxygens (including phenoxy) is 2. The van der Waals surface area contributed by atoms with Gasteiger partial charge in [0.25, 0.3) is 5.91 Å². The minimum Gasteiger partial charge on any atom is -0.492 e. The van der Waals surface area contributed by atoms with Gasteiger partial charge >= 0.3 is 12.1 Å². The van der Waals surface area contributed by atoms with Gasteiger partial charge in [-0.2, -0.15) is 18.3 Å². The number of allylic oxidation sites excluding steroid dienone is 1. The summed E-state index contributed by atoms with van der Waals surface area (Å²) in [5.74, 6) is -0.643. The number of nitrogens with zero attached hydrogens (tertiary/aromatic N) is 3. The molecule has 224 valence electrons. The van der Waals surface area contributed by atoms with Crippen LogP contribution >= 0.6 is 0 Å². The maximum atomic E-state index is 14.1. The Morgan fingerprint density at radius 2 is 1.76 bits per heavy atom. The topological polar surface area (TPSA) is 87.8 Å². The summed E-state index contributed by atoms with van der Waals surface area (Å²) in [4.78, 5) is 31.0. The molecule has 0 saturated carbocycles. The molecule has 2 aromatic rings. The van der Waals surface area contributed by atoms with Crippen molar-refractivity contribution in [3.63, 3.8) is 0 Å². The molecular weight excluding hydrogens is 537 g/mol. The van der Waals surface area contributed by atoms with Gasteiger partial charge in [-0.25, -0.2) is 4.79 Å². The number of carbonyl (C=O) groups excluding carboxylic acids is 2. The van der Waals surface area contributed by atoms with Crippen LogP contribution in [0.2, 0.25) is 0 Å². The molecule has 1 saturated heterocycles. The van der Waals surface area contributed by atoms with Gasteiger partial charge in [-0.05, 0) is 70.5 Å². The monoisotopic (exact) mass is 576 g/mol. The van der Waals surface area contributed by atoms with Gasteiger partial charge in [-0.3, -0.25) is 14.8 Å². The second-order valence-electron chi connectivity index (χ2n) is 11.5. The number of alkyl halides is 3. The van der Waals surface area contributed by atoms with Gasteiger partial charge in [0.15, 0.2) is 0 Å². The van der Waals surface area contributed by atoms with Gasteiger partial charge in [0, 0.05) is 35.3 Å². The average Bonchev–Trinajstić information content (AvgIpc) is 3.34. The highest BCUT2D eigenvalue weighted by molar-refractivity contribution is 6.18. The number of likely N-dealkylation sites (tertiary alicyclic amines) is 1. The molecule has 2 aliphatic rings. The van der Waals surface area contributed by atoms with Gasteiger partial charge in [-0.1, -0.05) is 27.2 Å². The first-order valence-electron chi connectivity index (χ1n) is 14.2. The van der Waals surface area contributed by atoms with E-state index in [2.05, 4.69) is 15.1 Å². The molecule has 0 unspecified atom stereocenters. The third-order valence-electron chi connectivity index (χ3n) is 7.48. The molecule has 8 nitrogen and oxygen atoms in total. The largest absolute Gasteiger partial charge is 0.492 e. The first-order valence-corrected chi connectivity index (χ1v) is 14.2. The van der Waals surface area contributed by atoms with Crippen molar-refractivity contribution in [2.75, 3.05) is 32.8 Å². The summed E-state index contributed by atoms with van der Waals surface area (Å²) in [7, 11) is 0. The Hall–Kier alpha value is -3.34. The summed E-state index contributed by atoms with van der Waals surface area (Å²) in [5.41, 5.74) is -2.11. The fourth-order valence-electron chi connectivity index (χ4n) is 5.60. The van der Waals surface area contributed by atoms with E-state index >= 15 is 0 Å². The van der Waals surface area contributed by atoms with Crippen LogP contribution in [0.4, 0.5) is 13.2 Å². The van der Waals surface area contributed by atoms with E-state index in [4.69, 9.17) is 9.47 Å². The number of aromatic nitrogens is 2. The van der Waals surface area contributed by atoms with Crippen molar-refractivity contribution in [3.05, 3.63) is 52.5 Å². The maximum Gasteiger partial charge on any atom is 0.433 e. The molecule has 0 bridgehead atoms. The average molecular weight is 577 g/mol. The smallest absolute Gasteiger partial charge is 0.433 e. The standard InChI is InChI=1S/C30H39F3N4O4/c1-6-22-23(28(39)41-19(2)3)25-24(26(35-34-25)30(31,32)33)29(4,5)18-37(22)27(38)20-10-12-21(13-11-20)40-17-16-36-14-8-7-9-15-36/h10-13,19H,6-9,14-18H2,1-5H3,(H,34,35). The van der Waals surface area contributed by atoms with Crippen molar-refractivity contribution in [2.45, 2.75) is 78.0 Å². The van der Waals surface area contributed by atoms with Crippen molar-refractivity contribution < 1.29 is 32.2 Å². The number of amides is 1. The zero-order valence-electron chi connectivity index (χ0n) is 24.4. The fourth-order valence-corrected chi connectivity index (χ4v) is 5.60. The predicted molar refractivity (Wildman–Crippen MR) is 148 cm³/mol. The molecule has 0 aliphatic carbocycles. The van der Waals surface area contributed by atoms with E-state index in [0.29, 0.717) is 17.9 Å². The van der Waals surface area contributed by atoms with Crippen molar-refractivity contribution in [1.82, 2.24) is 20.0 Å². The molecule has 2 aliphatic heterocycles. The molecule has 11 heteroatoms.